The molecule has 0 fully saturated rings. The predicted octanol–water partition coefficient (Wildman–Crippen LogP) is 2.75. The number of carboxylic acids is 1. The van der Waals surface area contributed by atoms with E-state index in [0.717, 1.165) is 0 Å². The monoisotopic (exact) mass is 298 g/mol. The summed E-state index contributed by atoms with van der Waals surface area (Å²) in [6, 6.07) is 4.20. The molecule has 1 rings (SSSR count). The summed E-state index contributed by atoms with van der Waals surface area (Å²) in [5.41, 5.74) is 0.459. The smallest absolute Gasteiger partial charge is 0.335 e. The van der Waals surface area contributed by atoms with Crippen LogP contribution in [0.15, 0.2) is 18.2 Å². The van der Waals surface area contributed by atoms with Crippen molar-refractivity contribution >= 4 is 29.2 Å². The molecule has 0 radical (unpaired) electrons. The van der Waals surface area contributed by atoms with Crippen molar-refractivity contribution in [3.63, 3.8) is 0 Å². The van der Waals surface area contributed by atoms with E-state index in [0.29, 0.717) is 18.7 Å². The SMILES string of the molecule is CC(C)(C)NCCC(=O)Nc1ccc(C(=O)O)cc1Cl. The Labute approximate surface area is 123 Å². The Morgan fingerprint density at radius 2 is 1.95 bits per heavy atom. The molecule has 0 unspecified atom stereocenters. The quantitative estimate of drug-likeness (QED) is 0.781. The minimum atomic E-state index is -1.06. The van der Waals surface area contributed by atoms with Crippen molar-refractivity contribution in [3.05, 3.63) is 28.8 Å². The third-order valence-corrected chi connectivity index (χ3v) is 2.81. The maximum absolute atomic E-state index is 11.7. The van der Waals surface area contributed by atoms with Crippen LogP contribution in [-0.4, -0.2) is 29.1 Å². The molecule has 0 aliphatic heterocycles. The summed E-state index contributed by atoms with van der Waals surface area (Å²) in [4.78, 5) is 22.5. The first-order valence-corrected chi connectivity index (χ1v) is 6.64. The van der Waals surface area contributed by atoms with Gasteiger partial charge in [-0.2, -0.15) is 0 Å². The maximum atomic E-state index is 11.7. The van der Waals surface area contributed by atoms with Gasteiger partial charge in [0.25, 0.3) is 0 Å². The molecule has 0 atom stereocenters. The zero-order chi connectivity index (χ0) is 15.3. The highest BCUT2D eigenvalue weighted by Crippen LogP contribution is 2.23. The number of halogens is 1. The summed E-state index contributed by atoms with van der Waals surface area (Å²) in [6.45, 7) is 6.62. The first-order valence-electron chi connectivity index (χ1n) is 6.27. The van der Waals surface area contributed by atoms with Crippen LogP contribution in [0.4, 0.5) is 5.69 Å². The van der Waals surface area contributed by atoms with E-state index in [4.69, 9.17) is 16.7 Å². The van der Waals surface area contributed by atoms with Crippen molar-refractivity contribution in [3.8, 4) is 0 Å². The second-order valence-electron chi connectivity index (χ2n) is 5.47. The van der Waals surface area contributed by atoms with Gasteiger partial charge in [0, 0.05) is 18.5 Å². The van der Waals surface area contributed by atoms with Gasteiger partial charge in [-0.15, -0.1) is 0 Å². The number of aromatic carboxylic acids is 1. The maximum Gasteiger partial charge on any atom is 0.335 e. The van der Waals surface area contributed by atoms with Gasteiger partial charge in [0.15, 0.2) is 0 Å². The number of carbonyl (C=O) groups is 2. The molecule has 110 valence electrons. The molecule has 0 saturated carbocycles. The van der Waals surface area contributed by atoms with Gasteiger partial charge in [-0.05, 0) is 39.0 Å². The zero-order valence-corrected chi connectivity index (χ0v) is 12.5. The first-order chi connectivity index (χ1) is 9.19. The van der Waals surface area contributed by atoms with Gasteiger partial charge >= 0.3 is 5.97 Å². The number of nitrogens with one attached hydrogen (secondary N) is 2. The van der Waals surface area contributed by atoms with Gasteiger partial charge in [0.2, 0.25) is 5.91 Å². The number of amides is 1. The van der Waals surface area contributed by atoms with E-state index in [1.807, 2.05) is 20.8 Å². The molecule has 0 aromatic heterocycles. The second-order valence-corrected chi connectivity index (χ2v) is 5.88. The topological polar surface area (TPSA) is 78.4 Å². The molecule has 0 aliphatic carbocycles. The van der Waals surface area contributed by atoms with Crippen LogP contribution in [0.2, 0.25) is 5.02 Å². The van der Waals surface area contributed by atoms with Crippen molar-refractivity contribution in [1.29, 1.82) is 0 Å². The number of benzene rings is 1. The Balaban J connectivity index is 2.56. The fourth-order valence-electron chi connectivity index (χ4n) is 1.51. The molecule has 3 N–H and O–H groups in total. The van der Waals surface area contributed by atoms with Crippen LogP contribution in [0.1, 0.15) is 37.6 Å². The third kappa shape index (κ3) is 5.59. The predicted molar refractivity (Wildman–Crippen MR) is 79.4 cm³/mol. The van der Waals surface area contributed by atoms with Gasteiger partial charge in [0.05, 0.1) is 16.3 Å². The van der Waals surface area contributed by atoms with Crippen LogP contribution in [0.5, 0.6) is 0 Å². The zero-order valence-electron chi connectivity index (χ0n) is 11.8. The van der Waals surface area contributed by atoms with Crippen molar-refractivity contribution in [2.75, 3.05) is 11.9 Å². The largest absolute Gasteiger partial charge is 0.478 e. The number of rotatable bonds is 5. The highest BCUT2D eigenvalue weighted by atomic mass is 35.5. The molecule has 1 amide bonds. The van der Waals surface area contributed by atoms with Crippen molar-refractivity contribution in [2.24, 2.45) is 0 Å². The number of anilines is 1. The fraction of sp³-hybridized carbons (Fsp3) is 0.429. The summed E-state index contributed by atoms with van der Waals surface area (Å²) in [5.74, 6) is -1.23. The molecule has 1 aromatic rings. The minimum Gasteiger partial charge on any atom is -0.478 e. The van der Waals surface area contributed by atoms with E-state index < -0.39 is 5.97 Å². The number of hydrogen-bond donors (Lipinski definition) is 3. The molecule has 0 heterocycles. The minimum absolute atomic E-state index is 0.0406. The molecule has 5 nitrogen and oxygen atoms in total. The highest BCUT2D eigenvalue weighted by molar-refractivity contribution is 6.34. The number of hydrogen-bond acceptors (Lipinski definition) is 3. The normalized spacial score (nSPS) is 11.2. The van der Waals surface area contributed by atoms with E-state index in [9.17, 15) is 9.59 Å². The fourth-order valence-corrected chi connectivity index (χ4v) is 1.74. The molecule has 0 bridgehead atoms. The van der Waals surface area contributed by atoms with Gasteiger partial charge in [-0.25, -0.2) is 4.79 Å². The van der Waals surface area contributed by atoms with Gasteiger partial charge in [0.1, 0.15) is 0 Å². The van der Waals surface area contributed by atoms with Gasteiger partial charge < -0.3 is 15.7 Å². The first kappa shape index (κ1) is 16.5. The molecule has 20 heavy (non-hydrogen) atoms. The molecular weight excluding hydrogens is 280 g/mol. The lowest BCUT2D eigenvalue weighted by Crippen LogP contribution is -2.37. The van der Waals surface area contributed by atoms with Crippen LogP contribution in [-0.2, 0) is 4.79 Å². The Bertz CT molecular complexity index is 510. The van der Waals surface area contributed by atoms with Crippen molar-refractivity contribution in [1.82, 2.24) is 5.32 Å². The highest BCUT2D eigenvalue weighted by Gasteiger charge is 2.12. The van der Waals surface area contributed by atoms with Crippen LogP contribution in [0.25, 0.3) is 0 Å². The average Bonchev–Trinajstić information content (AvgIpc) is 2.29. The lowest BCUT2D eigenvalue weighted by atomic mass is 10.1. The summed E-state index contributed by atoms with van der Waals surface area (Å²) in [6.07, 6.45) is 0.314. The van der Waals surface area contributed by atoms with E-state index in [2.05, 4.69) is 10.6 Å². The van der Waals surface area contributed by atoms with Crippen LogP contribution in [0.3, 0.4) is 0 Å². The lowest BCUT2D eigenvalue weighted by Gasteiger charge is -2.20. The van der Waals surface area contributed by atoms with Crippen LogP contribution >= 0.6 is 11.6 Å². The van der Waals surface area contributed by atoms with E-state index in [1.165, 1.54) is 18.2 Å². The summed E-state index contributed by atoms with van der Waals surface area (Å²) in [7, 11) is 0. The molecular formula is C14H19ClN2O3. The summed E-state index contributed by atoms with van der Waals surface area (Å²) < 4.78 is 0. The Hall–Kier alpha value is -1.59. The van der Waals surface area contributed by atoms with Gasteiger partial charge in [-0.3, -0.25) is 4.79 Å². The molecule has 1 aromatic carbocycles. The lowest BCUT2D eigenvalue weighted by molar-refractivity contribution is -0.116. The van der Waals surface area contributed by atoms with E-state index in [1.54, 1.807) is 0 Å². The standard InChI is InChI=1S/C14H19ClN2O3/c1-14(2,3)16-7-6-12(18)17-11-5-4-9(13(19)20)8-10(11)15/h4-5,8,16H,6-7H2,1-3H3,(H,17,18)(H,19,20). The average molecular weight is 299 g/mol. The van der Waals surface area contributed by atoms with Crippen LogP contribution < -0.4 is 10.6 Å². The summed E-state index contributed by atoms with van der Waals surface area (Å²) in [5, 5.41) is 14.9. The Morgan fingerprint density at radius 3 is 2.45 bits per heavy atom. The summed E-state index contributed by atoms with van der Waals surface area (Å²) >= 11 is 5.93. The molecule has 0 saturated heterocycles. The van der Waals surface area contributed by atoms with Crippen molar-refractivity contribution < 1.29 is 14.7 Å². The third-order valence-electron chi connectivity index (χ3n) is 2.50. The van der Waals surface area contributed by atoms with Gasteiger partial charge in [-0.1, -0.05) is 11.6 Å². The Morgan fingerprint density at radius 1 is 1.30 bits per heavy atom. The van der Waals surface area contributed by atoms with Crippen molar-refractivity contribution in [2.45, 2.75) is 32.7 Å². The Kier molecular flexibility index (Phi) is 5.53. The second kappa shape index (κ2) is 6.72. The number of carbonyl (C=O) groups excluding carboxylic acids is 1. The molecule has 0 spiro atoms. The van der Waals surface area contributed by atoms with E-state index in [-0.39, 0.29) is 22.0 Å². The van der Waals surface area contributed by atoms with Crippen LogP contribution in [0, 0.1) is 0 Å². The number of carboxylic acid groups (broad SMARTS) is 1. The van der Waals surface area contributed by atoms with E-state index >= 15 is 0 Å². The molecule has 0 aliphatic rings. The molecule has 6 heteroatoms.